The number of aromatic nitrogens is 2. The molecule has 0 spiro atoms. The first-order valence-corrected chi connectivity index (χ1v) is 10.4. The Morgan fingerprint density at radius 1 is 1.28 bits per heavy atom. The predicted octanol–water partition coefficient (Wildman–Crippen LogP) is 6.68. The van der Waals surface area contributed by atoms with Crippen LogP contribution in [0.4, 0.5) is 15.3 Å². The zero-order chi connectivity index (χ0) is 21.1. The molecule has 0 saturated heterocycles. The second-order valence-electron chi connectivity index (χ2n) is 6.83. The second kappa shape index (κ2) is 9.07. The molecule has 2 aromatic heterocycles. The van der Waals surface area contributed by atoms with Crippen molar-refractivity contribution in [2.75, 3.05) is 5.32 Å². The van der Waals surface area contributed by atoms with Gasteiger partial charge in [0.05, 0.1) is 21.9 Å². The van der Waals surface area contributed by atoms with Crippen LogP contribution in [0.2, 0.25) is 10.0 Å². The van der Waals surface area contributed by atoms with Crippen LogP contribution in [0.3, 0.4) is 0 Å². The summed E-state index contributed by atoms with van der Waals surface area (Å²) in [5.41, 5.74) is 1.30. The number of pyridine rings is 1. The number of carbonyl (C=O) groups is 1. The summed E-state index contributed by atoms with van der Waals surface area (Å²) >= 11 is 13.6. The molecular formula is C20H18Cl2FN3O2S. The van der Waals surface area contributed by atoms with Crippen molar-refractivity contribution in [3.05, 3.63) is 56.8 Å². The Hall–Kier alpha value is -2.22. The highest BCUT2D eigenvalue weighted by Crippen LogP contribution is 2.36. The van der Waals surface area contributed by atoms with Crippen LogP contribution in [-0.4, -0.2) is 21.0 Å². The van der Waals surface area contributed by atoms with Crippen molar-refractivity contribution in [3.8, 4) is 11.3 Å². The van der Waals surface area contributed by atoms with E-state index < -0.39 is 11.8 Å². The Balaban J connectivity index is 2.00. The average molecular weight is 454 g/mol. The molecule has 0 fully saturated rings. The van der Waals surface area contributed by atoms with E-state index in [0.29, 0.717) is 21.1 Å². The molecule has 3 rings (SSSR count). The van der Waals surface area contributed by atoms with E-state index in [2.05, 4.69) is 29.1 Å². The summed E-state index contributed by atoms with van der Waals surface area (Å²) < 4.78 is 13.4. The van der Waals surface area contributed by atoms with Gasteiger partial charge in [0, 0.05) is 10.4 Å². The summed E-state index contributed by atoms with van der Waals surface area (Å²) in [6, 6.07) is 6.22. The highest BCUT2D eigenvalue weighted by Gasteiger charge is 2.18. The van der Waals surface area contributed by atoms with Gasteiger partial charge in [0.1, 0.15) is 17.2 Å². The van der Waals surface area contributed by atoms with Gasteiger partial charge in [-0.1, -0.05) is 43.1 Å². The Morgan fingerprint density at radius 2 is 2.03 bits per heavy atom. The fourth-order valence-corrected chi connectivity index (χ4v) is 3.96. The normalized spacial score (nSPS) is 11.1. The van der Waals surface area contributed by atoms with Crippen molar-refractivity contribution in [3.63, 3.8) is 0 Å². The van der Waals surface area contributed by atoms with Crippen LogP contribution >= 0.6 is 34.5 Å². The highest BCUT2D eigenvalue weighted by atomic mass is 35.5. The largest absolute Gasteiger partial charge is 0.478 e. The Morgan fingerprint density at radius 3 is 2.69 bits per heavy atom. The third-order valence-corrected chi connectivity index (χ3v) is 5.92. The summed E-state index contributed by atoms with van der Waals surface area (Å²) in [6.07, 6.45) is 2.72. The van der Waals surface area contributed by atoms with E-state index in [4.69, 9.17) is 23.2 Å². The lowest BCUT2D eigenvalue weighted by atomic mass is 10.0. The maximum absolute atomic E-state index is 13.4. The lowest BCUT2D eigenvalue weighted by molar-refractivity contribution is 0.0697. The number of nitrogens with one attached hydrogen (secondary N) is 1. The van der Waals surface area contributed by atoms with Crippen molar-refractivity contribution in [2.24, 2.45) is 5.92 Å². The van der Waals surface area contributed by atoms with Crippen molar-refractivity contribution >= 4 is 51.5 Å². The number of halogens is 3. The molecule has 0 aliphatic rings. The summed E-state index contributed by atoms with van der Waals surface area (Å²) in [5, 5.41) is 13.6. The van der Waals surface area contributed by atoms with Gasteiger partial charge in [-0.2, -0.15) is 0 Å². The van der Waals surface area contributed by atoms with Gasteiger partial charge in [0.25, 0.3) is 0 Å². The van der Waals surface area contributed by atoms with Crippen LogP contribution in [0, 0.1) is 11.7 Å². The summed E-state index contributed by atoms with van der Waals surface area (Å²) in [7, 11) is 0. The van der Waals surface area contributed by atoms with Crippen molar-refractivity contribution in [1.82, 2.24) is 9.97 Å². The van der Waals surface area contributed by atoms with E-state index in [-0.39, 0.29) is 11.4 Å². The number of nitrogens with zero attached hydrogens (tertiary/aromatic N) is 2. The van der Waals surface area contributed by atoms with Gasteiger partial charge in [-0.15, -0.1) is 11.3 Å². The van der Waals surface area contributed by atoms with Gasteiger partial charge < -0.3 is 10.4 Å². The second-order valence-corrected chi connectivity index (χ2v) is 8.73. The molecule has 0 aliphatic heterocycles. The fraction of sp³-hybridized carbons (Fsp3) is 0.250. The van der Waals surface area contributed by atoms with Crippen molar-refractivity contribution in [2.45, 2.75) is 26.7 Å². The quantitative estimate of drug-likeness (QED) is 0.417. The number of carboxylic acid groups (broad SMARTS) is 1. The number of aromatic carboxylic acids is 1. The Bertz CT molecular complexity index is 1060. The number of carboxylic acids is 1. The molecule has 1 aromatic carbocycles. The molecule has 3 aromatic rings. The molecule has 5 nitrogen and oxygen atoms in total. The molecule has 2 heterocycles. The molecule has 0 radical (unpaired) electrons. The zero-order valence-corrected chi connectivity index (χ0v) is 18.0. The molecule has 0 amide bonds. The maximum atomic E-state index is 13.4. The first-order valence-electron chi connectivity index (χ1n) is 8.85. The topological polar surface area (TPSA) is 75.1 Å². The molecule has 0 bridgehead atoms. The minimum Gasteiger partial charge on any atom is -0.478 e. The third-order valence-electron chi connectivity index (χ3n) is 4.15. The maximum Gasteiger partial charge on any atom is 0.339 e. The number of thiazole rings is 1. The number of hydrogen-bond acceptors (Lipinski definition) is 5. The Labute approximate surface area is 181 Å². The SMILES string of the molecule is CC(C)CCc1sc(Nc2ncc(F)cc2C(=O)O)nc1-c1ccc(Cl)c(Cl)c1. The number of anilines is 2. The number of rotatable bonds is 7. The van der Waals surface area contributed by atoms with Crippen LogP contribution in [0.1, 0.15) is 35.5 Å². The van der Waals surface area contributed by atoms with E-state index in [1.807, 2.05) is 6.07 Å². The van der Waals surface area contributed by atoms with Crippen LogP contribution in [-0.2, 0) is 6.42 Å². The average Bonchev–Trinajstić information content (AvgIpc) is 3.06. The first-order chi connectivity index (χ1) is 13.7. The van der Waals surface area contributed by atoms with Gasteiger partial charge in [-0.25, -0.2) is 19.2 Å². The molecule has 0 saturated carbocycles. The van der Waals surface area contributed by atoms with Gasteiger partial charge in [0.2, 0.25) is 0 Å². The molecule has 29 heavy (non-hydrogen) atoms. The Kier molecular flexibility index (Phi) is 6.72. The molecule has 9 heteroatoms. The highest BCUT2D eigenvalue weighted by molar-refractivity contribution is 7.16. The van der Waals surface area contributed by atoms with E-state index >= 15 is 0 Å². The van der Waals surface area contributed by atoms with Gasteiger partial charge >= 0.3 is 5.97 Å². The van der Waals surface area contributed by atoms with Crippen molar-refractivity contribution < 1.29 is 14.3 Å². The minimum atomic E-state index is -1.28. The standard InChI is InChI=1S/C20H18Cl2FN3O2S/c1-10(2)3-6-16-17(11-4-5-14(21)15(22)7-11)25-20(29-16)26-18-13(19(27)28)8-12(23)9-24-18/h4-5,7-10H,3,6H2,1-2H3,(H,27,28)(H,24,25,26). The number of hydrogen-bond donors (Lipinski definition) is 2. The van der Waals surface area contributed by atoms with E-state index in [1.165, 1.54) is 11.3 Å². The lowest BCUT2D eigenvalue weighted by Gasteiger charge is -2.06. The van der Waals surface area contributed by atoms with Crippen molar-refractivity contribution in [1.29, 1.82) is 0 Å². The smallest absolute Gasteiger partial charge is 0.339 e. The van der Waals surface area contributed by atoms with Gasteiger partial charge in [-0.05, 0) is 37.0 Å². The monoisotopic (exact) mass is 453 g/mol. The minimum absolute atomic E-state index is 0.0312. The summed E-state index contributed by atoms with van der Waals surface area (Å²) in [4.78, 5) is 20.9. The fourth-order valence-electron chi connectivity index (χ4n) is 2.67. The predicted molar refractivity (Wildman–Crippen MR) is 115 cm³/mol. The lowest BCUT2D eigenvalue weighted by Crippen LogP contribution is -2.05. The molecule has 0 unspecified atom stereocenters. The van der Waals surface area contributed by atoms with E-state index in [9.17, 15) is 14.3 Å². The molecule has 0 atom stereocenters. The molecule has 152 valence electrons. The van der Waals surface area contributed by atoms with Crippen LogP contribution in [0.25, 0.3) is 11.3 Å². The van der Waals surface area contributed by atoms with E-state index in [1.54, 1.807) is 12.1 Å². The van der Waals surface area contributed by atoms with E-state index in [0.717, 1.165) is 41.2 Å². The molecule has 0 aliphatic carbocycles. The van der Waals surface area contributed by atoms with Gasteiger partial charge in [0.15, 0.2) is 5.13 Å². The van der Waals surface area contributed by atoms with Gasteiger partial charge in [-0.3, -0.25) is 0 Å². The molecular weight excluding hydrogens is 436 g/mol. The zero-order valence-electron chi connectivity index (χ0n) is 15.7. The van der Waals surface area contributed by atoms with Crippen LogP contribution in [0.5, 0.6) is 0 Å². The molecule has 2 N–H and O–H groups in total. The number of benzene rings is 1. The third kappa shape index (κ3) is 5.23. The summed E-state index contributed by atoms with van der Waals surface area (Å²) in [5.74, 6) is -1.46. The number of aryl methyl sites for hydroxylation is 1. The van der Waals surface area contributed by atoms with Crippen LogP contribution < -0.4 is 5.32 Å². The first kappa shape index (κ1) is 21.5. The summed E-state index contributed by atoms with van der Waals surface area (Å²) in [6.45, 7) is 4.28. The van der Waals surface area contributed by atoms with Crippen LogP contribution in [0.15, 0.2) is 30.5 Å².